The molecule has 0 bridgehead atoms. The lowest BCUT2D eigenvalue weighted by molar-refractivity contribution is 0.421. The summed E-state index contributed by atoms with van der Waals surface area (Å²) in [5.41, 5.74) is 2.55. The van der Waals surface area contributed by atoms with Crippen LogP contribution in [0.5, 0.6) is 0 Å². The average Bonchev–Trinajstić information content (AvgIpc) is 2.42. The lowest BCUT2D eigenvalue weighted by Crippen LogP contribution is -2.22. The van der Waals surface area contributed by atoms with Gasteiger partial charge in [0.25, 0.3) is 0 Å². The van der Waals surface area contributed by atoms with Crippen LogP contribution in [0.3, 0.4) is 0 Å². The van der Waals surface area contributed by atoms with Crippen molar-refractivity contribution in [1.82, 2.24) is 5.32 Å². The number of nitrogens with one attached hydrogen (secondary N) is 1. The molecule has 1 unspecified atom stereocenters. The van der Waals surface area contributed by atoms with Crippen LogP contribution in [-0.2, 0) is 0 Å². The molecule has 0 amide bonds. The van der Waals surface area contributed by atoms with E-state index >= 15 is 0 Å². The molecule has 20 heavy (non-hydrogen) atoms. The summed E-state index contributed by atoms with van der Waals surface area (Å²) in [7, 11) is 0. The second-order valence-electron chi connectivity index (χ2n) is 6.09. The zero-order valence-corrected chi connectivity index (χ0v) is 13.4. The minimum absolute atomic E-state index is 0.753. The molecule has 0 aliphatic rings. The van der Waals surface area contributed by atoms with Crippen LogP contribution in [0.2, 0.25) is 0 Å². The van der Waals surface area contributed by atoms with Crippen molar-refractivity contribution in [3.05, 3.63) is 53.6 Å². The van der Waals surface area contributed by atoms with E-state index in [9.17, 15) is 0 Å². The van der Waals surface area contributed by atoms with Crippen LogP contribution in [0, 0.1) is 11.8 Å². The Morgan fingerprint density at radius 3 is 2.50 bits per heavy atom. The Balaban J connectivity index is 2.27. The van der Waals surface area contributed by atoms with Crippen molar-refractivity contribution in [1.29, 1.82) is 0 Å². The Morgan fingerprint density at radius 1 is 1.15 bits per heavy atom. The van der Waals surface area contributed by atoms with Crippen molar-refractivity contribution in [2.45, 2.75) is 34.1 Å². The largest absolute Gasteiger partial charge is 0.313 e. The second kappa shape index (κ2) is 9.55. The maximum Gasteiger partial charge on any atom is 0.0140 e. The topological polar surface area (TPSA) is 12.0 Å². The van der Waals surface area contributed by atoms with E-state index in [0.717, 1.165) is 24.9 Å². The molecule has 1 heteroatoms. The standard InChI is InChI=1S/C19H29N/c1-16(2)14-18(4)15-20-13-12-17(3)10-11-19-8-6-5-7-9-19/h5-12,16,18,20H,13-15H2,1-4H3/b11-10-,17-12-. The summed E-state index contributed by atoms with van der Waals surface area (Å²) in [5, 5.41) is 3.51. The van der Waals surface area contributed by atoms with Gasteiger partial charge in [0.1, 0.15) is 0 Å². The van der Waals surface area contributed by atoms with Crippen molar-refractivity contribution in [3.8, 4) is 0 Å². The van der Waals surface area contributed by atoms with Gasteiger partial charge in [0.2, 0.25) is 0 Å². The molecule has 0 saturated heterocycles. The molecule has 1 rings (SSSR count). The summed E-state index contributed by atoms with van der Waals surface area (Å²) in [6.07, 6.45) is 7.88. The number of allylic oxidation sites excluding steroid dienone is 2. The molecule has 0 saturated carbocycles. The van der Waals surface area contributed by atoms with E-state index in [2.05, 4.69) is 75.5 Å². The monoisotopic (exact) mass is 271 g/mol. The molecule has 0 heterocycles. The van der Waals surface area contributed by atoms with Gasteiger partial charge in [0.05, 0.1) is 0 Å². The van der Waals surface area contributed by atoms with Gasteiger partial charge < -0.3 is 5.32 Å². The summed E-state index contributed by atoms with van der Waals surface area (Å²) >= 11 is 0. The molecule has 1 N–H and O–H groups in total. The highest BCUT2D eigenvalue weighted by Crippen LogP contribution is 2.09. The molecule has 0 spiro atoms. The van der Waals surface area contributed by atoms with Gasteiger partial charge >= 0.3 is 0 Å². The lowest BCUT2D eigenvalue weighted by atomic mass is 9.99. The van der Waals surface area contributed by atoms with Gasteiger partial charge in [-0.05, 0) is 37.3 Å². The molecule has 0 aliphatic carbocycles. The predicted octanol–water partition coefficient (Wildman–Crippen LogP) is 4.92. The normalized spacial score (nSPS) is 14.2. The maximum atomic E-state index is 3.51. The Labute approximate surface area is 124 Å². The summed E-state index contributed by atoms with van der Waals surface area (Å²) < 4.78 is 0. The van der Waals surface area contributed by atoms with E-state index in [1.165, 1.54) is 17.6 Å². The van der Waals surface area contributed by atoms with Gasteiger partial charge in [-0.1, -0.05) is 74.9 Å². The van der Waals surface area contributed by atoms with Crippen LogP contribution in [-0.4, -0.2) is 13.1 Å². The first-order valence-corrected chi connectivity index (χ1v) is 7.68. The fourth-order valence-corrected chi connectivity index (χ4v) is 2.31. The van der Waals surface area contributed by atoms with Crippen molar-refractivity contribution < 1.29 is 0 Å². The Hall–Kier alpha value is -1.34. The van der Waals surface area contributed by atoms with Crippen LogP contribution in [0.4, 0.5) is 0 Å². The lowest BCUT2D eigenvalue weighted by Gasteiger charge is -2.13. The quantitative estimate of drug-likeness (QED) is 0.523. The summed E-state index contributed by atoms with van der Waals surface area (Å²) in [6, 6.07) is 10.4. The molecular formula is C19H29N. The highest BCUT2D eigenvalue weighted by atomic mass is 14.8. The first-order chi connectivity index (χ1) is 9.58. The third-order valence-corrected chi connectivity index (χ3v) is 3.27. The second-order valence-corrected chi connectivity index (χ2v) is 6.09. The number of rotatable bonds is 8. The molecule has 1 nitrogen and oxygen atoms in total. The SMILES string of the molecule is CC(/C=C\c1ccccc1)=C/CNCC(C)CC(C)C. The molecule has 1 aromatic rings. The van der Waals surface area contributed by atoms with Crippen LogP contribution in [0.1, 0.15) is 39.7 Å². The molecule has 1 aromatic carbocycles. The molecular weight excluding hydrogens is 242 g/mol. The first kappa shape index (κ1) is 16.7. The zero-order valence-electron chi connectivity index (χ0n) is 13.4. The van der Waals surface area contributed by atoms with Crippen LogP contribution in [0.25, 0.3) is 6.08 Å². The van der Waals surface area contributed by atoms with Crippen molar-refractivity contribution in [2.75, 3.05) is 13.1 Å². The van der Waals surface area contributed by atoms with Gasteiger partial charge in [-0.2, -0.15) is 0 Å². The molecule has 0 aliphatic heterocycles. The van der Waals surface area contributed by atoms with Crippen LogP contribution in [0.15, 0.2) is 48.1 Å². The predicted molar refractivity (Wildman–Crippen MR) is 90.7 cm³/mol. The summed E-state index contributed by atoms with van der Waals surface area (Å²) in [4.78, 5) is 0. The van der Waals surface area contributed by atoms with Gasteiger partial charge in [-0.15, -0.1) is 0 Å². The Bertz CT molecular complexity index is 415. The van der Waals surface area contributed by atoms with E-state index in [1.807, 2.05) is 6.07 Å². The highest BCUT2D eigenvalue weighted by molar-refractivity contribution is 5.52. The summed E-state index contributed by atoms with van der Waals surface area (Å²) in [5.74, 6) is 1.54. The van der Waals surface area contributed by atoms with E-state index < -0.39 is 0 Å². The van der Waals surface area contributed by atoms with Crippen molar-refractivity contribution in [2.24, 2.45) is 11.8 Å². The van der Waals surface area contributed by atoms with Crippen LogP contribution < -0.4 is 5.32 Å². The van der Waals surface area contributed by atoms with Crippen LogP contribution >= 0.6 is 0 Å². The summed E-state index contributed by atoms with van der Waals surface area (Å²) in [6.45, 7) is 11.1. The van der Waals surface area contributed by atoms with Gasteiger partial charge in [0, 0.05) is 6.54 Å². The minimum atomic E-state index is 0.753. The molecule has 0 radical (unpaired) electrons. The fraction of sp³-hybridized carbons (Fsp3) is 0.474. The fourth-order valence-electron chi connectivity index (χ4n) is 2.31. The molecule has 0 fully saturated rings. The third-order valence-electron chi connectivity index (χ3n) is 3.27. The minimum Gasteiger partial charge on any atom is -0.313 e. The number of hydrogen-bond acceptors (Lipinski definition) is 1. The molecule has 110 valence electrons. The molecule has 1 atom stereocenters. The Morgan fingerprint density at radius 2 is 1.85 bits per heavy atom. The average molecular weight is 271 g/mol. The zero-order chi connectivity index (χ0) is 14.8. The van der Waals surface area contributed by atoms with Crippen molar-refractivity contribution in [3.63, 3.8) is 0 Å². The van der Waals surface area contributed by atoms with Gasteiger partial charge in [-0.25, -0.2) is 0 Å². The third kappa shape index (κ3) is 7.96. The Kier molecular flexibility index (Phi) is 7.98. The number of benzene rings is 1. The van der Waals surface area contributed by atoms with E-state index in [-0.39, 0.29) is 0 Å². The smallest absolute Gasteiger partial charge is 0.0140 e. The van der Waals surface area contributed by atoms with E-state index in [4.69, 9.17) is 0 Å². The highest BCUT2D eigenvalue weighted by Gasteiger charge is 2.03. The van der Waals surface area contributed by atoms with E-state index in [0.29, 0.717) is 0 Å². The van der Waals surface area contributed by atoms with Gasteiger partial charge in [0.15, 0.2) is 0 Å². The van der Waals surface area contributed by atoms with E-state index in [1.54, 1.807) is 0 Å². The molecule has 0 aromatic heterocycles. The maximum absolute atomic E-state index is 3.51. The van der Waals surface area contributed by atoms with Crippen molar-refractivity contribution >= 4 is 6.08 Å². The number of hydrogen-bond donors (Lipinski definition) is 1. The first-order valence-electron chi connectivity index (χ1n) is 7.68. The van der Waals surface area contributed by atoms with Gasteiger partial charge in [-0.3, -0.25) is 0 Å².